The summed E-state index contributed by atoms with van der Waals surface area (Å²) in [7, 11) is 0. The Hall–Kier alpha value is -2.93. The van der Waals surface area contributed by atoms with Gasteiger partial charge in [-0.25, -0.2) is 9.07 Å². The molecule has 1 aliphatic heterocycles. The number of rotatable bonds is 4. The van der Waals surface area contributed by atoms with Crippen molar-refractivity contribution in [3.05, 3.63) is 66.4 Å². The number of carbonyl (C=O) groups excluding carboxylic acids is 1. The fourth-order valence-electron chi connectivity index (χ4n) is 3.45. The summed E-state index contributed by atoms with van der Waals surface area (Å²) in [4.78, 5) is 17.4. The monoisotopic (exact) mass is 367 g/mol. The van der Waals surface area contributed by atoms with Gasteiger partial charge in [0, 0.05) is 38.6 Å². The lowest BCUT2D eigenvalue weighted by molar-refractivity contribution is 0.0643. The van der Waals surface area contributed by atoms with E-state index in [0.29, 0.717) is 30.2 Å². The highest BCUT2D eigenvalue weighted by molar-refractivity contribution is 5.97. The topological polar surface area (TPSA) is 46.3 Å². The van der Waals surface area contributed by atoms with E-state index in [-0.39, 0.29) is 11.7 Å². The summed E-state index contributed by atoms with van der Waals surface area (Å²) in [6.45, 7) is 6.21. The number of halogens is 1. The molecule has 3 aromatic rings. The van der Waals surface area contributed by atoms with E-state index >= 15 is 0 Å². The predicted molar refractivity (Wildman–Crippen MR) is 101 cm³/mol. The normalized spacial score (nSPS) is 15.3. The summed E-state index contributed by atoms with van der Waals surface area (Å²) in [5.74, 6) is 0.0922. The third-order valence-corrected chi connectivity index (χ3v) is 5.01. The Kier molecular flexibility index (Phi) is 4.77. The molecule has 1 amide bonds. The standard InChI is InChI=1S/C20H22FN5O/c1-2-23-11-13-25(14-12-23)20(27)16-15-22-26(18-8-4-3-7-17(18)21)19(16)24-9-5-6-10-24/h3-10,15H,2,11-14H2,1H3. The zero-order valence-electron chi connectivity index (χ0n) is 15.3. The number of aromatic nitrogens is 3. The fourth-order valence-corrected chi connectivity index (χ4v) is 3.45. The Labute approximate surface area is 157 Å². The number of benzene rings is 1. The van der Waals surface area contributed by atoms with Gasteiger partial charge in [0.05, 0.1) is 6.20 Å². The highest BCUT2D eigenvalue weighted by Gasteiger charge is 2.27. The molecular weight excluding hydrogens is 345 g/mol. The number of amides is 1. The molecule has 3 heterocycles. The van der Waals surface area contributed by atoms with Gasteiger partial charge in [-0.1, -0.05) is 19.1 Å². The van der Waals surface area contributed by atoms with Gasteiger partial charge in [-0.15, -0.1) is 0 Å². The zero-order valence-corrected chi connectivity index (χ0v) is 15.3. The second kappa shape index (κ2) is 7.36. The molecule has 0 bridgehead atoms. The first kappa shape index (κ1) is 17.5. The van der Waals surface area contributed by atoms with E-state index in [0.717, 1.165) is 19.6 Å². The first-order valence-electron chi connectivity index (χ1n) is 9.17. The first-order chi connectivity index (χ1) is 13.2. The van der Waals surface area contributed by atoms with Crippen LogP contribution in [0.25, 0.3) is 11.5 Å². The number of hydrogen-bond acceptors (Lipinski definition) is 3. The van der Waals surface area contributed by atoms with Crippen molar-refractivity contribution in [3.8, 4) is 11.5 Å². The van der Waals surface area contributed by atoms with Crippen molar-refractivity contribution in [2.45, 2.75) is 6.92 Å². The largest absolute Gasteiger partial charge is 0.336 e. The first-order valence-corrected chi connectivity index (χ1v) is 9.17. The van der Waals surface area contributed by atoms with E-state index < -0.39 is 0 Å². The maximum atomic E-state index is 14.4. The SMILES string of the molecule is CCN1CCN(C(=O)c2cnn(-c3ccccc3F)c2-n2cccc2)CC1. The van der Waals surface area contributed by atoms with Crippen LogP contribution in [0.1, 0.15) is 17.3 Å². The molecule has 0 aliphatic carbocycles. The molecular formula is C20H22FN5O. The van der Waals surface area contributed by atoms with E-state index in [1.165, 1.54) is 16.9 Å². The molecule has 1 saturated heterocycles. The van der Waals surface area contributed by atoms with Crippen molar-refractivity contribution in [1.82, 2.24) is 24.1 Å². The van der Waals surface area contributed by atoms with Crippen LogP contribution < -0.4 is 0 Å². The molecule has 0 radical (unpaired) electrons. The van der Waals surface area contributed by atoms with Crippen LogP contribution in [-0.4, -0.2) is 62.8 Å². The molecule has 1 aromatic carbocycles. The van der Waals surface area contributed by atoms with E-state index in [2.05, 4.69) is 16.9 Å². The molecule has 0 spiro atoms. The van der Waals surface area contributed by atoms with Crippen molar-refractivity contribution < 1.29 is 9.18 Å². The van der Waals surface area contributed by atoms with Crippen molar-refractivity contribution >= 4 is 5.91 Å². The minimum absolute atomic E-state index is 0.0722. The molecule has 0 unspecified atom stereocenters. The predicted octanol–water partition coefficient (Wildman–Crippen LogP) is 2.58. The summed E-state index contributed by atoms with van der Waals surface area (Å²) in [6.07, 6.45) is 5.20. The smallest absolute Gasteiger partial charge is 0.259 e. The lowest BCUT2D eigenvalue weighted by Crippen LogP contribution is -2.48. The average Bonchev–Trinajstić information content (AvgIpc) is 3.37. The van der Waals surface area contributed by atoms with Crippen LogP contribution in [0.15, 0.2) is 55.0 Å². The van der Waals surface area contributed by atoms with Crippen LogP contribution in [0.3, 0.4) is 0 Å². The van der Waals surface area contributed by atoms with E-state index in [1.54, 1.807) is 22.8 Å². The number of nitrogens with zero attached hydrogens (tertiary/aromatic N) is 5. The molecule has 1 aliphatic rings. The van der Waals surface area contributed by atoms with Gasteiger partial charge in [0.1, 0.15) is 17.1 Å². The van der Waals surface area contributed by atoms with Gasteiger partial charge in [0.25, 0.3) is 5.91 Å². The van der Waals surface area contributed by atoms with Crippen LogP contribution in [-0.2, 0) is 0 Å². The Balaban J connectivity index is 1.74. The van der Waals surface area contributed by atoms with Crippen LogP contribution in [0.2, 0.25) is 0 Å². The summed E-state index contributed by atoms with van der Waals surface area (Å²) in [5, 5.41) is 4.35. The van der Waals surface area contributed by atoms with Gasteiger partial charge in [-0.2, -0.15) is 5.10 Å². The van der Waals surface area contributed by atoms with Gasteiger partial charge in [0.15, 0.2) is 5.82 Å². The maximum Gasteiger partial charge on any atom is 0.259 e. The second-order valence-electron chi connectivity index (χ2n) is 6.56. The van der Waals surface area contributed by atoms with Crippen molar-refractivity contribution in [2.75, 3.05) is 32.7 Å². The molecule has 7 heteroatoms. The van der Waals surface area contributed by atoms with E-state index in [4.69, 9.17) is 0 Å². The summed E-state index contributed by atoms with van der Waals surface area (Å²) in [5.41, 5.74) is 0.787. The summed E-state index contributed by atoms with van der Waals surface area (Å²) in [6, 6.07) is 10.2. The molecule has 0 N–H and O–H groups in total. The molecule has 4 rings (SSSR count). The van der Waals surface area contributed by atoms with Gasteiger partial charge in [-0.05, 0) is 30.8 Å². The third kappa shape index (κ3) is 3.26. The molecule has 6 nitrogen and oxygen atoms in total. The molecule has 1 fully saturated rings. The van der Waals surface area contributed by atoms with Crippen LogP contribution in [0.4, 0.5) is 4.39 Å². The number of hydrogen-bond donors (Lipinski definition) is 0. The highest BCUT2D eigenvalue weighted by atomic mass is 19.1. The average molecular weight is 367 g/mol. The van der Waals surface area contributed by atoms with Gasteiger partial charge < -0.3 is 14.4 Å². The summed E-state index contributed by atoms with van der Waals surface area (Å²) < 4.78 is 17.7. The molecule has 0 saturated carbocycles. The van der Waals surface area contributed by atoms with E-state index in [9.17, 15) is 9.18 Å². The second-order valence-corrected chi connectivity index (χ2v) is 6.56. The molecule has 0 atom stereocenters. The Morgan fingerprint density at radius 2 is 1.78 bits per heavy atom. The quantitative estimate of drug-likeness (QED) is 0.712. The summed E-state index contributed by atoms with van der Waals surface area (Å²) >= 11 is 0. The van der Waals surface area contributed by atoms with Crippen LogP contribution in [0, 0.1) is 5.82 Å². The highest BCUT2D eigenvalue weighted by Crippen LogP contribution is 2.23. The van der Waals surface area contributed by atoms with Crippen molar-refractivity contribution in [1.29, 1.82) is 0 Å². The molecule has 2 aromatic heterocycles. The number of piperazine rings is 1. The van der Waals surface area contributed by atoms with Gasteiger partial charge >= 0.3 is 0 Å². The molecule has 27 heavy (non-hydrogen) atoms. The molecule has 140 valence electrons. The minimum atomic E-state index is -0.385. The van der Waals surface area contributed by atoms with Crippen LogP contribution in [0.5, 0.6) is 0 Å². The number of carbonyl (C=O) groups is 1. The van der Waals surface area contributed by atoms with Gasteiger partial charge in [-0.3, -0.25) is 4.79 Å². The fraction of sp³-hybridized carbons (Fsp3) is 0.300. The zero-order chi connectivity index (χ0) is 18.8. The van der Waals surface area contributed by atoms with Crippen molar-refractivity contribution in [2.24, 2.45) is 0 Å². The maximum absolute atomic E-state index is 14.4. The lowest BCUT2D eigenvalue weighted by atomic mass is 10.2. The lowest BCUT2D eigenvalue weighted by Gasteiger charge is -2.34. The Bertz CT molecular complexity index is 926. The third-order valence-electron chi connectivity index (χ3n) is 5.01. The van der Waals surface area contributed by atoms with Crippen molar-refractivity contribution in [3.63, 3.8) is 0 Å². The Morgan fingerprint density at radius 3 is 2.44 bits per heavy atom. The number of para-hydroxylation sites is 1. The van der Waals surface area contributed by atoms with Crippen LogP contribution >= 0.6 is 0 Å². The number of likely N-dealkylation sites (N-methyl/N-ethyl adjacent to an activating group) is 1. The Morgan fingerprint density at radius 1 is 1.07 bits per heavy atom. The minimum Gasteiger partial charge on any atom is -0.336 e. The van der Waals surface area contributed by atoms with E-state index in [1.807, 2.05) is 29.4 Å². The van der Waals surface area contributed by atoms with Gasteiger partial charge in [0.2, 0.25) is 0 Å².